The summed E-state index contributed by atoms with van der Waals surface area (Å²) < 4.78 is 5.15. The Morgan fingerprint density at radius 1 is 1.06 bits per heavy atom. The van der Waals surface area contributed by atoms with E-state index in [-0.39, 0.29) is 23.8 Å². The molecule has 4 rings (SSSR count). The smallest absolute Gasteiger partial charge is 0.324 e. The van der Waals surface area contributed by atoms with Crippen LogP contribution in [0, 0.1) is 5.92 Å². The van der Waals surface area contributed by atoms with Crippen molar-refractivity contribution in [2.75, 3.05) is 37.7 Å². The molecule has 2 fully saturated rings. The molecular formula is C26H30ClN3O4. The minimum atomic E-state index is -0.286. The van der Waals surface area contributed by atoms with E-state index in [2.05, 4.69) is 0 Å². The maximum atomic E-state index is 13.2. The van der Waals surface area contributed by atoms with Gasteiger partial charge >= 0.3 is 12.0 Å². The number of esters is 1. The average Bonchev–Trinajstić information content (AvgIpc) is 2.86. The van der Waals surface area contributed by atoms with Gasteiger partial charge in [-0.15, -0.1) is 0 Å². The number of hydrogen-bond acceptors (Lipinski definition) is 4. The lowest BCUT2D eigenvalue weighted by Gasteiger charge is -2.36. The van der Waals surface area contributed by atoms with Gasteiger partial charge in [-0.05, 0) is 62.1 Å². The van der Waals surface area contributed by atoms with Gasteiger partial charge in [0.25, 0.3) is 5.91 Å². The van der Waals surface area contributed by atoms with Crippen LogP contribution in [0.5, 0.6) is 0 Å². The van der Waals surface area contributed by atoms with Crippen LogP contribution in [0.2, 0.25) is 5.02 Å². The fraction of sp³-hybridized carbons (Fsp3) is 0.423. The number of amides is 3. The summed E-state index contributed by atoms with van der Waals surface area (Å²) >= 11 is 5.98. The van der Waals surface area contributed by atoms with Crippen LogP contribution < -0.4 is 4.90 Å². The van der Waals surface area contributed by atoms with Crippen molar-refractivity contribution in [1.82, 2.24) is 9.80 Å². The van der Waals surface area contributed by atoms with Crippen molar-refractivity contribution in [3.63, 3.8) is 0 Å². The van der Waals surface area contributed by atoms with Crippen LogP contribution >= 0.6 is 11.6 Å². The molecule has 1 atom stereocenters. The first-order valence-electron chi connectivity index (χ1n) is 11.8. The number of urea groups is 1. The second-order valence-electron chi connectivity index (χ2n) is 8.73. The van der Waals surface area contributed by atoms with E-state index in [1.165, 1.54) is 0 Å². The van der Waals surface area contributed by atoms with Gasteiger partial charge < -0.3 is 14.5 Å². The van der Waals surface area contributed by atoms with E-state index in [9.17, 15) is 14.4 Å². The van der Waals surface area contributed by atoms with Crippen molar-refractivity contribution < 1.29 is 19.1 Å². The number of nitrogens with zero attached hydrogens (tertiary/aromatic N) is 3. The van der Waals surface area contributed by atoms with Gasteiger partial charge in [0, 0.05) is 49.0 Å². The molecule has 0 bridgehead atoms. The third kappa shape index (κ3) is 5.53. The molecule has 2 aromatic rings. The molecule has 7 nitrogen and oxygen atoms in total. The van der Waals surface area contributed by atoms with Crippen LogP contribution in [-0.2, 0) is 16.1 Å². The Morgan fingerprint density at radius 2 is 1.85 bits per heavy atom. The van der Waals surface area contributed by atoms with Gasteiger partial charge in [0.15, 0.2) is 0 Å². The van der Waals surface area contributed by atoms with E-state index >= 15 is 0 Å². The fourth-order valence-electron chi connectivity index (χ4n) is 4.58. The number of likely N-dealkylation sites (tertiary alicyclic amines) is 1. The first-order chi connectivity index (χ1) is 16.5. The van der Waals surface area contributed by atoms with Crippen molar-refractivity contribution >= 4 is 35.2 Å². The van der Waals surface area contributed by atoms with Gasteiger partial charge in [-0.2, -0.15) is 0 Å². The molecule has 0 unspecified atom stereocenters. The molecule has 2 aliphatic heterocycles. The quantitative estimate of drug-likeness (QED) is 0.563. The maximum Gasteiger partial charge on any atom is 0.324 e. The molecule has 34 heavy (non-hydrogen) atoms. The highest BCUT2D eigenvalue weighted by Crippen LogP contribution is 2.25. The molecule has 0 aliphatic carbocycles. The zero-order valence-corrected chi connectivity index (χ0v) is 20.2. The van der Waals surface area contributed by atoms with E-state index in [1.54, 1.807) is 34.9 Å². The lowest BCUT2D eigenvalue weighted by molar-refractivity contribution is -0.149. The maximum absolute atomic E-state index is 13.2. The first kappa shape index (κ1) is 24.1. The zero-order chi connectivity index (χ0) is 24.1. The molecule has 0 aromatic heterocycles. The van der Waals surface area contributed by atoms with Crippen molar-refractivity contribution in [2.45, 2.75) is 32.7 Å². The molecule has 3 amide bonds. The number of benzene rings is 2. The van der Waals surface area contributed by atoms with Crippen LogP contribution in [-0.4, -0.2) is 60.5 Å². The number of carbonyl (C=O) groups is 3. The molecule has 0 N–H and O–H groups in total. The number of anilines is 1. The summed E-state index contributed by atoms with van der Waals surface area (Å²) in [4.78, 5) is 43.9. The Balaban J connectivity index is 1.45. The Hall–Kier alpha value is -3.06. The summed E-state index contributed by atoms with van der Waals surface area (Å²) in [7, 11) is 0. The van der Waals surface area contributed by atoms with Crippen molar-refractivity contribution in [3.05, 3.63) is 64.7 Å². The monoisotopic (exact) mass is 483 g/mol. The van der Waals surface area contributed by atoms with Crippen LogP contribution in [0.3, 0.4) is 0 Å². The summed E-state index contributed by atoms with van der Waals surface area (Å²) in [5, 5.41) is 0.666. The SMILES string of the molecule is CCOC(=O)[C@@H]1CCCN(C(=O)c2cccc(N3CCCN(Cc4ccc(Cl)cc4)C3=O)c2)C1. The highest BCUT2D eigenvalue weighted by atomic mass is 35.5. The Bertz CT molecular complexity index is 1040. The lowest BCUT2D eigenvalue weighted by atomic mass is 9.97. The second-order valence-corrected chi connectivity index (χ2v) is 9.16. The van der Waals surface area contributed by atoms with Crippen molar-refractivity contribution in [2.24, 2.45) is 5.92 Å². The molecule has 2 heterocycles. The van der Waals surface area contributed by atoms with Gasteiger partial charge in [-0.25, -0.2) is 4.79 Å². The van der Waals surface area contributed by atoms with Crippen LogP contribution in [0.4, 0.5) is 10.5 Å². The minimum Gasteiger partial charge on any atom is -0.466 e. The third-order valence-electron chi connectivity index (χ3n) is 6.33. The summed E-state index contributed by atoms with van der Waals surface area (Å²) in [5.74, 6) is -0.655. The van der Waals surface area contributed by atoms with Crippen LogP contribution in [0.25, 0.3) is 0 Å². The molecule has 180 valence electrons. The Labute approximate surface area is 205 Å². The average molecular weight is 484 g/mol. The van der Waals surface area contributed by atoms with Crippen LogP contribution in [0.15, 0.2) is 48.5 Å². The number of ether oxygens (including phenoxy) is 1. The molecule has 2 saturated heterocycles. The summed E-state index contributed by atoms with van der Waals surface area (Å²) in [6, 6.07) is 14.6. The topological polar surface area (TPSA) is 70.2 Å². The second kappa shape index (κ2) is 10.9. The normalized spacial score (nSPS) is 18.7. The van der Waals surface area contributed by atoms with Gasteiger partial charge in [-0.3, -0.25) is 14.5 Å². The molecule has 2 aromatic carbocycles. The predicted molar refractivity (Wildman–Crippen MR) is 131 cm³/mol. The lowest BCUT2D eigenvalue weighted by Crippen LogP contribution is -2.49. The van der Waals surface area contributed by atoms with Gasteiger partial charge in [0.1, 0.15) is 0 Å². The van der Waals surface area contributed by atoms with E-state index in [0.29, 0.717) is 55.6 Å². The molecule has 0 spiro atoms. The largest absolute Gasteiger partial charge is 0.466 e. The number of hydrogen-bond donors (Lipinski definition) is 0. The Kier molecular flexibility index (Phi) is 7.73. The standard InChI is InChI=1S/C26H30ClN3O4/c1-2-34-25(32)21-7-4-13-28(18-21)24(31)20-6-3-8-23(16-20)30-15-5-14-29(26(30)33)17-19-9-11-22(27)12-10-19/h3,6,8-12,16,21H,2,4-5,7,13-15,17-18H2,1H3/t21-/m1/s1. The number of rotatable bonds is 6. The first-order valence-corrected chi connectivity index (χ1v) is 12.2. The van der Waals surface area contributed by atoms with Gasteiger partial charge in [-0.1, -0.05) is 29.8 Å². The van der Waals surface area contributed by atoms with Gasteiger partial charge in [0.05, 0.1) is 12.5 Å². The molecule has 0 radical (unpaired) electrons. The van der Waals surface area contributed by atoms with Gasteiger partial charge in [0.2, 0.25) is 0 Å². The number of halogens is 1. The zero-order valence-electron chi connectivity index (χ0n) is 19.4. The van der Waals surface area contributed by atoms with E-state index in [4.69, 9.17) is 16.3 Å². The number of carbonyl (C=O) groups excluding carboxylic acids is 3. The highest BCUT2D eigenvalue weighted by molar-refractivity contribution is 6.30. The summed E-state index contributed by atoms with van der Waals surface area (Å²) in [6.45, 7) is 4.88. The van der Waals surface area contributed by atoms with E-state index in [1.807, 2.05) is 35.2 Å². The van der Waals surface area contributed by atoms with E-state index in [0.717, 1.165) is 24.8 Å². The van der Waals surface area contributed by atoms with Crippen LogP contribution in [0.1, 0.15) is 42.1 Å². The summed E-state index contributed by atoms with van der Waals surface area (Å²) in [6.07, 6.45) is 2.33. The summed E-state index contributed by atoms with van der Waals surface area (Å²) in [5.41, 5.74) is 2.24. The highest BCUT2D eigenvalue weighted by Gasteiger charge is 2.31. The Morgan fingerprint density at radius 3 is 2.62 bits per heavy atom. The minimum absolute atomic E-state index is 0.0776. The molecule has 8 heteroatoms. The number of piperidine rings is 1. The molecule has 2 aliphatic rings. The van der Waals surface area contributed by atoms with E-state index < -0.39 is 0 Å². The predicted octanol–water partition coefficient (Wildman–Crippen LogP) is 4.59. The third-order valence-corrected chi connectivity index (χ3v) is 6.58. The molecular weight excluding hydrogens is 454 g/mol. The van der Waals surface area contributed by atoms with Crippen molar-refractivity contribution in [1.29, 1.82) is 0 Å². The molecule has 0 saturated carbocycles. The van der Waals surface area contributed by atoms with Crippen molar-refractivity contribution in [3.8, 4) is 0 Å². The fourth-order valence-corrected chi connectivity index (χ4v) is 4.71.